The third-order valence-corrected chi connectivity index (χ3v) is 3.21. The largest absolute Gasteiger partial charge is 0.352 e. The summed E-state index contributed by atoms with van der Waals surface area (Å²) in [6.07, 6.45) is 1.14. The van der Waals surface area contributed by atoms with Crippen LogP contribution in [0.25, 0.3) is 0 Å². The van der Waals surface area contributed by atoms with E-state index in [1.54, 1.807) is 0 Å². The van der Waals surface area contributed by atoms with Crippen molar-refractivity contribution in [3.63, 3.8) is 0 Å². The molecule has 0 aliphatic rings. The lowest BCUT2D eigenvalue weighted by atomic mass is 10.1. The van der Waals surface area contributed by atoms with Crippen LogP contribution in [0.4, 0.5) is 5.69 Å². The van der Waals surface area contributed by atoms with E-state index < -0.39 is 0 Å². The van der Waals surface area contributed by atoms with Crippen molar-refractivity contribution in [3.05, 3.63) is 29.8 Å². The molecule has 1 atom stereocenters. The SMILES string of the molecule is CCC(N)CC(=O)NCc1ccc(NC(=O)C(C)C)cc1. The molecule has 21 heavy (non-hydrogen) atoms. The molecule has 0 radical (unpaired) electrons. The summed E-state index contributed by atoms with van der Waals surface area (Å²) in [5.74, 6) is -0.0992. The first-order valence-electron chi connectivity index (χ1n) is 7.34. The third kappa shape index (κ3) is 6.40. The zero-order chi connectivity index (χ0) is 15.8. The highest BCUT2D eigenvalue weighted by atomic mass is 16.2. The lowest BCUT2D eigenvalue weighted by molar-refractivity contribution is -0.121. The highest BCUT2D eigenvalue weighted by Crippen LogP contribution is 2.11. The van der Waals surface area contributed by atoms with Crippen LogP contribution in [0.3, 0.4) is 0 Å². The number of benzene rings is 1. The standard InChI is InChI=1S/C16H25N3O2/c1-4-13(17)9-15(20)18-10-12-5-7-14(8-6-12)19-16(21)11(2)3/h5-8,11,13H,4,9-10,17H2,1-3H3,(H,18,20)(H,19,21). The van der Waals surface area contributed by atoms with Gasteiger partial charge in [-0.3, -0.25) is 9.59 Å². The number of hydrogen-bond acceptors (Lipinski definition) is 3. The summed E-state index contributed by atoms with van der Waals surface area (Å²) in [7, 11) is 0. The third-order valence-electron chi connectivity index (χ3n) is 3.21. The molecule has 0 heterocycles. The van der Waals surface area contributed by atoms with E-state index in [0.717, 1.165) is 17.7 Å². The summed E-state index contributed by atoms with van der Waals surface area (Å²) in [5, 5.41) is 5.66. The van der Waals surface area contributed by atoms with E-state index in [4.69, 9.17) is 5.73 Å². The van der Waals surface area contributed by atoms with Gasteiger partial charge in [0.1, 0.15) is 0 Å². The molecule has 0 aliphatic carbocycles. The molecule has 5 heteroatoms. The molecule has 0 bridgehead atoms. The predicted octanol–water partition coefficient (Wildman–Crippen LogP) is 2.02. The van der Waals surface area contributed by atoms with Crippen molar-refractivity contribution < 1.29 is 9.59 Å². The van der Waals surface area contributed by atoms with Gasteiger partial charge in [0.2, 0.25) is 11.8 Å². The van der Waals surface area contributed by atoms with Crippen LogP contribution < -0.4 is 16.4 Å². The topological polar surface area (TPSA) is 84.2 Å². The van der Waals surface area contributed by atoms with Crippen LogP contribution in [0, 0.1) is 5.92 Å². The number of anilines is 1. The number of amides is 2. The van der Waals surface area contributed by atoms with Crippen molar-refractivity contribution in [2.45, 2.75) is 46.2 Å². The number of rotatable bonds is 7. The van der Waals surface area contributed by atoms with Crippen molar-refractivity contribution in [2.24, 2.45) is 11.7 Å². The van der Waals surface area contributed by atoms with Gasteiger partial charge >= 0.3 is 0 Å². The van der Waals surface area contributed by atoms with Gasteiger partial charge in [0.15, 0.2) is 0 Å². The maximum atomic E-state index is 11.6. The Kier molecular flexibility index (Phi) is 6.88. The number of hydrogen-bond donors (Lipinski definition) is 3. The van der Waals surface area contributed by atoms with Gasteiger partial charge in [-0.05, 0) is 24.1 Å². The number of carbonyl (C=O) groups excluding carboxylic acids is 2. The minimum atomic E-state index is -0.0846. The minimum absolute atomic E-state index is 0.00962. The number of nitrogens with one attached hydrogen (secondary N) is 2. The van der Waals surface area contributed by atoms with Gasteiger partial charge in [0, 0.05) is 30.6 Å². The molecular formula is C16H25N3O2. The number of nitrogens with two attached hydrogens (primary N) is 1. The molecule has 1 unspecified atom stereocenters. The second-order valence-corrected chi connectivity index (χ2v) is 5.49. The average molecular weight is 291 g/mol. The van der Waals surface area contributed by atoms with Gasteiger partial charge in [0.05, 0.1) is 0 Å². The van der Waals surface area contributed by atoms with Crippen LogP contribution >= 0.6 is 0 Å². The first-order valence-corrected chi connectivity index (χ1v) is 7.34. The van der Waals surface area contributed by atoms with Gasteiger partial charge in [-0.2, -0.15) is 0 Å². The predicted molar refractivity (Wildman–Crippen MR) is 84.6 cm³/mol. The highest BCUT2D eigenvalue weighted by molar-refractivity contribution is 5.92. The van der Waals surface area contributed by atoms with Gasteiger partial charge in [0.25, 0.3) is 0 Å². The lowest BCUT2D eigenvalue weighted by Gasteiger charge is -2.10. The summed E-state index contributed by atoms with van der Waals surface area (Å²) >= 11 is 0. The number of carbonyl (C=O) groups is 2. The van der Waals surface area contributed by atoms with Gasteiger partial charge in [-0.15, -0.1) is 0 Å². The second-order valence-electron chi connectivity index (χ2n) is 5.49. The summed E-state index contributed by atoms with van der Waals surface area (Å²) in [6.45, 7) is 6.12. The fraction of sp³-hybridized carbons (Fsp3) is 0.500. The fourth-order valence-electron chi connectivity index (χ4n) is 1.65. The Morgan fingerprint density at radius 2 is 1.81 bits per heavy atom. The average Bonchev–Trinajstić information content (AvgIpc) is 2.46. The molecule has 0 saturated heterocycles. The molecule has 0 aromatic heterocycles. The van der Waals surface area contributed by atoms with Crippen molar-refractivity contribution in [3.8, 4) is 0 Å². The molecular weight excluding hydrogens is 266 g/mol. The molecule has 0 aliphatic heterocycles. The molecule has 5 nitrogen and oxygen atoms in total. The van der Waals surface area contributed by atoms with Crippen LogP contribution in [0.5, 0.6) is 0 Å². The Morgan fingerprint density at radius 1 is 1.19 bits per heavy atom. The molecule has 0 saturated carbocycles. The maximum absolute atomic E-state index is 11.6. The molecule has 0 fully saturated rings. The summed E-state index contributed by atoms with van der Waals surface area (Å²) < 4.78 is 0. The van der Waals surface area contributed by atoms with Crippen LogP contribution in [0.1, 0.15) is 39.2 Å². The van der Waals surface area contributed by atoms with Crippen LogP contribution in [0.15, 0.2) is 24.3 Å². The summed E-state index contributed by atoms with van der Waals surface area (Å²) in [5.41, 5.74) is 7.48. The van der Waals surface area contributed by atoms with Gasteiger partial charge in [-0.25, -0.2) is 0 Å². The van der Waals surface area contributed by atoms with E-state index in [2.05, 4.69) is 10.6 Å². The normalized spacial score (nSPS) is 12.0. The zero-order valence-corrected chi connectivity index (χ0v) is 13.0. The molecule has 1 aromatic rings. The fourth-order valence-corrected chi connectivity index (χ4v) is 1.65. The molecule has 1 aromatic carbocycles. The highest BCUT2D eigenvalue weighted by Gasteiger charge is 2.08. The zero-order valence-electron chi connectivity index (χ0n) is 13.0. The van der Waals surface area contributed by atoms with E-state index in [-0.39, 0.29) is 23.8 Å². The van der Waals surface area contributed by atoms with Crippen molar-refractivity contribution in [2.75, 3.05) is 5.32 Å². The quantitative estimate of drug-likeness (QED) is 0.718. The van der Waals surface area contributed by atoms with Crippen LogP contribution in [-0.4, -0.2) is 17.9 Å². The van der Waals surface area contributed by atoms with Crippen molar-refractivity contribution >= 4 is 17.5 Å². The van der Waals surface area contributed by atoms with Gasteiger partial charge < -0.3 is 16.4 Å². The Labute approximate surface area is 126 Å². The Hall–Kier alpha value is -1.88. The maximum Gasteiger partial charge on any atom is 0.226 e. The van der Waals surface area contributed by atoms with Crippen molar-refractivity contribution in [1.29, 1.82) is 0 Å². The van der Waals surface area contributed by atoms with E-state index in [1.165, 1.54) is 0 Å². The van der Waals surface area contributed by atoms with Crippen molar-refractivity contribution in [1.82, 2.24) is 5.32 Å². The van der Waals surface area contributed by atoms with E-state index in [1.807, 2.05) is 45.0 Å². The first kappa shape index (κ1) is 17.2. The summed E-state index contributed by atoms with van der Waals surface area (Å²) in [4.78, 5) is 23.2. The molecule has 2 amide bonds. The monoisotopic (exact) mass is 291 g/mol. The Morgan fingerprint density at radius 3 is 2.33 bits per heavy atom. The van der Waals surface area contributed by atoms with E-state index in [9.17, 15) is 9.59 Å². The van der Waals surface area contributed by atoms with E-state index >= 15 is 0 Å². The van der Waals surface area contributed by atoms with Crippen LogP contribution in [-0.2, 0) is 16.1 Å². The molecule has 1 rings (SSSR count). The molecule has 0 spiro atoms. The molecule has 116 valence electrons. The smallest absolute Gasteiger partial charge is 0.226 e. The van der Waals surface area contributed by atoms with Crippen LogP contribution in [0.2, 0.25) is 0 Å². The lowest BCUT2D eigenvalue weighted by Crippen LogP contribution is -2.30. The second kappa shape index (κ2) is 8.42. The molecule has 4 N–H and O–H groups in total. The first-order chi connectivity index (χ1) is 9.92. The van der Waals surface area contributed by atoms with E-state index in [0.29, 0.717) is 13.0 Å². The Balaban J connectivity index is 2.44. The Bertz CT molecular complexity index is 469. The minimum Gasteiger partial charge on any atom is -0.352 e. The summed E-state index contributed by atoms with van der Waals surface area (Å²) in [6, 6.07) is 7.35. The van der Waals surface area contributed by atoms with Gasteiger partial charge in [-0.1, -0.05) is 32.9 Å².